The van der Waals surface area contributed by atoms with E-state index < -0.39 is 0 Å². The van der Waals surface area contributed by atoms with Gasteiger partial charge in [0, 0.05) is 5.69 Å². The van der Waals surface area contributed by atoms with Crippen molar-refractivity contribution in [3.63, 3.8) is 0 Å². The third-order valence-corrected chi connectivity index (χ3v) is 4.36. The normalized spacial score (nSPS) is 16.1. The number of carbonyl (C=O) groups excluding carboxylic acids is 1. The van der Waals surface area contributed by atoms with Crippen molar-refractivity contribution in [1.82, 2.24) is 0 Å². The molecule has 0 fully saturated rings. The van der Waals surface area contributed by atoms with E-state index in [1.807, 2.05) is 19.1 Å². The number of hydrogen-bond acceptors (Lipinski definition) is 1. The van der Waals surface area contributed by atoms with Crippen LogP contribution in [0.3, 0.4) is 0 Å². The first kappa shape index (κ1) is 12.6. The van der Waals surface area contributed by atoms with E-state index >= 15 is 0 Å². The third-order valence-electron chi connectivity index (χ3n) is 3.30. The predicted octanol–water partition coefficient (Wildman–Crippen LogP) is 3.68. The highest BCUT2D eigenvalue weighted by molar-refractivity contribution is 9.10. The molecule has 0 radical (unpaired) electrons. The number of alkyl halides is 1. The van der Waals surface area contributed by atoms with Crippen LogP contribution in [0, 0.1) is 0 Å². The number of fused-ring (bicyclic) bond motifs is 1. The van der Waals surface area contributed by atoms with E-state index in [1.54, 1.807) is 0 Å². The van der Waals surface area contributed by atoms with Crippen LogP contribution in [-0.4, -0.2) is 10.7 Å². The van der Waals surface area contributed by atoms with Crippen molar-refractivity contribution in [2.75, 3.05) is 5.32 Å². The second-order valence-corrected chi connectivity index (χ2v) is 5.62. The van der Waals surface area contributed by atoms with Gasteiger partial charge >= 0.3 is 0 Å². The van der Waals surface area contributed by atoms with Crippen LogP contribution in [0.15, 0.2) is 18.2 Å². The van der Waals surface area contributed by atoms with Gasteiger partial charge < -0.3 is 5.32 Å². The number of halogens is 1. The summed E-state index contributed by atoms with van der Waals surface area (Å²) in [5, 5.41) is 3.03. The Morgan fingerprint density at radius 1 is 1.41 bits per heavy atom. The number of rotatable bonds is 3. The minimum Gasteiger partial charge on any atom is -0.325 e. The number of aryl methyl sites for hydroxylation is 1. The summed E-state index contributed by atoms with van der Waals surface area (Å²) in [6, 6.07) is 6.22. The van der Waals surface area contributed by atoms with Crippen LogP contribution < -0.4 is 5.32 Å². The summed E-state index contributed by atoms with van der Waals surface area (Å²) < 4.78 is 0. The van der Waals surface area contributed by atoms with Gasteiger partial charge in [-0.25, -0.2) is 0 Å². The van der Waals surface area contributed by atoms with Crippen molar-refractivity contribution in [3.8, 4) is 0 Å². The maximum absolute atomic E-state index is 11.9. The zero-order chi connectivity index (χ0) is 12.3. The molecular weight excluding hydrogens is 278 g/mol. The van der Waals surface area contributed by atoms with Crippen molar-refractivity contribution in [2.45, 2.75) is 43.9 Å². The molecule has 3 heteroatoms. The molecule has 92 valence electrons. The maximum atomic E-state index is 11.9. The van der Waals surface area contributed by atoms with Gasteiger partial charge in [-0.2, -0.15) is 0 Å². The molecule has 0 heterocycles. The Morgan fingerprint density at radius 3 is 2.94 bits per heavy atom. The Bertz CT molecular complexity index is 417. The molecule has 1 aromatic carbocycles. The van der Waals surface area contributed by atoms with Crippen molar-refractivity contribution in [1.29, 1.82) is 0 Å². The molecule has 1 unspecified atom stereocenters. The zero-order valence-electron chi connectivity index (χ0n) is 10.1. The Hall–Kier alpha value is -0.830. The van der Waals surface area contributed by atoms with Crippen LogP contribution in [0.25, 0.3) is 0 Å². The van der Waals surface area contributed by atoms with Crippen molar-refractivity contribution in [2.24, 2.45) is 0 Å². The molecule has 1 aliphatic rings. The van der Waals surface area contributed by atoms with Crippen LogP contribution in [0.1, 0.15) is 37.3 Å². The summed E-state index contributed by atoms with van der Waals surface area (Å²) in [7, 11) is 0. The lowest BCUT2D eigenvalue weighted by Crippen LogP contribution is -2.23. The van der Waals surface area contributed by atoms with Gasteiger partial charge in [0.2, 0.25) is 5.91 Å². The van der Waals surface area contributed by atoms with Gasteiger partial charge in [-0.05, 0) is 49.3 Å². The van der Waals surface area contributed by atoms with E-state index in [-0.39, 0.29) is 10.7 Å². The number of amides is 1. The summed E-state index contributed by atoms with van der Waals surface area (Å²) in [6.45, 7) is 2.00. The Balaban J connectivity index is 2.18. The van der Waals surface area contributed by atoms with Crippen LogP contribution in [0.4, 0.5) is 5.69 Å². The molecule has 1 atom stereocenters. The second-order valence-electron chi connectivity index (χ2n) is 4.52. The first-order valence-electron chi connectivity index (χ1n) is 6.28. The molecule has 1 aliphatic carbocycles. The molecule has 0 spiro atoms. The lowest BCUT2D eigenvalue weighted by molar-refractivity contribution is -0.115. The van der Waals surface area contributed by atoms with Gasteiger partial charge in [-0.3, -0.25) is 4.79 Å². The van der Waals surface area contributed by atoms with Crippen LogP contribution >= 0.6 is 15.9 Å². The molecular formula is C14H18BrNO. The topological polar surface area (TPSA) is 29.1 Å². The first-order chi connectivity index (χ1) is 8.22. The van der Waals surface area contributed by atoms with Gasteiger partial charge in [0.05, 0.1) is 4.83 Å². The number of benzene rings is 1. The number of nitrogens with one attached hydrogen (secondary N) is 1. The van der Waals surface area contributed by atoms with E-state index in [2.05, 4.69) is 27.3 Å². The predicted molar refractivity (Wildman–Crippen MR) is 74.7 cm³/mol. The molecule has 1 aromatic rings. The van der Waals surface area contributed by atoms with Crippen molar-refractivity contribution >= 4 is 27.5 Å². The quantitative estimate of drug-likeness (QED) is 0.847. The van der Waals surface area contributed by atoms with E-state index in [0.717, 1.165) is 24.9 Å². The first-order valence-corrected chi connectivity index (χ1v) is 7.19. The summed E-state index contributed by atoms with van der Waals surface area (Å²) in [6.07, 6.45) is 5.53. The summed E-state index contributed by atoms with van der Waals surface area (Å²) in [5.74, 6) is 0.0615. The molecule has 1 N–H and O–H groups in total. The highest BCUT2D eigenvalue weighted by Crippen LogP contribution is 2.28. The molecule has 0 saturated heterocycles. The smallest absolute Gasteiger partial charge is 0.238 e. The van der Waals surface area contributed by atoms with Crippen LogP contribution in [0.2, 0.25) is 0 Å². The zero-order valence-corrected chi connectivity index (χ0v) is 11.7. The fraction of sp³-hybridized carbons (Fsp3) is 0.500. The SMILES string of the molecule is CCC(Br)C(=O)Nc1cccc2c1CCCC2. The van der Waals surface area contributed by atoms with E-state index in [0.29, 0.717) is 0 Å². The van der Waals surface area contributed by atoms with E-state index in [9.17, 15) is 4.79 Å². The van der Waals surface area contributed by atoms with Crippen molar-refractivity contribution < 1.29 is 4.79 Å². The van der Waals surface area contributed by atoms with Gasteiger partial charge in [0.25, 0.3) is 0 Å². The number of carbonyl (C=O) groups is 1. The maximum Gasteiger partial charge on any atom is 0.238 e. The highest BCUT2D eigenvalue weighted by Gasteiger charge is 2.17. The van der Waals surface area contributed by atoms with Gasteiger partial charge in [-0.15, -0.1) is 0 Å². The largest absolute Gasteiger partial charge is 0.325 e. The van der Waals surface area contributed by atoms with Crippen molar-refractivity contribution in [3.05, 3.63) is 29.3 Å². The lowest BCUT2D eigenvalue weighted by atomic mass is 9.90. The fourth-order valence-corrected chi connectivity index (χ4v) is 2.41. The molecule has 1 amide bonds. The average Bonchev–Trinajstić information content (AvgIpc) is 2.38. The number of anilines is 1. The van der Waals surface area contributed by atoms with Gasteiger partial charge in [-0.1, -0.05) is 35.0 Å². The minimum atomic E-state index is -0.0954. The van der Waals surface area contributed by atoms with Crippen LogP contribution in [-0.2, 0) is 17.6 Å². The van der Waals surface area contributed by atoms with E-state index in [1.165, 1.54) is 24.0 Å². The molecule has 2 nitrogen and oxygen atoms in total. The molecule has 0 saturated carbocycles. The molecule has 17 heavy (non-hydrogen) atoms. The Morgan fingerprint density at radius 2 is 2.18 bits per heavy atom. The highest BCUT2D eigenvalue weighted by atomic mass is 79.9. The monoisotopic (exact) mass is 295 g/mol. The Labute approximate surface area is 111 Å². The molecule has 0 bridgehead atoms. The van der Waals surface area contributed by atoms with Gasteiger partial charge in [0.15, 0.2) is 0 Å². The average molecular weight is 296 g/mol. The van der Waals surface area contributed by atoms with Crippen LogP contribution in [0.5, 0.6) is 0 Å². The molecule has 0 aliphatic heterocycles. The summed E-state index contributed by atoms with van der Waals surface area (Å²) in [4.78, 5) is 11.8. The van der Waals surface area contributed by atoms with Gasteiger partial charge in [0.1, 0.15) is 0 Å². The number of hydrogen-bond donors (Lipinski definition) is 1. The third kappa shape index (κ3) is 2.89. The summed E-state index contributed by atoms with van der Waals surface area (Å²) >= 11 is 3.38. The minimum absolute atomic E-state index is 0.0615. The standard InChI is InChI=1S/C14H18BrNO/c1-2-12(15)14(17)16-13-9-5-7-10-6-3-4-8-11(10)13/h5,7,9,12H,2-4,6,8H2,1H3,(H,16,17). The fourth-order valence-electron chi connectivity index (χ4n) is 2.29. The Kier molecular flexibility index (Phi) is 4.21. The lowest BCUT2D eigenvalue weighted by Gasteiger charge is -2.20. The second kappa shape index (κ2) is 5.67. The van der Waals surface area contributed by atoms with E-state index in [4.69, 9.17) is 0 Å². The molecule has 0 aromatic heterocycles. The molecule has 2 rings (SSSR count). The summed E-state index contributed by atoms with van der Waals surface area (Å²) in [5.41, 5.74) is 3.74.